The number of esters is 1. The summed E-state index contributed by atoms with van der Waals surface area (Å²) in [5.41, 5.74) is 1.07. The Hall–Kier alpha value is -3.02. The molecule has 2 aromatic carbocycles. The topological polar surface area (TPSA) is 66.1 Å². The summed E-state index contributed by atoms with van der Waals surface area (Å²) >= 11 is 0. The molecule has 23 heavy (non-hydrogen) atoms. The molecule has 0 amide bonds. The highest BCUT2D eigenvalue weighted by molar-refractivity contribution is 5.89. The summed E-state index contributed by atoms with van der Waals surface area (Å²) in [7, 11) is 1.19. The number of halogens is 1. The summed E-state index contributed by atoms with van der Waals surface area (Å²) in [6, 6.07) is 11.2. The van der Waals surface area contributed by atoms with Crippen LogP contribution in [0.15, 0.2) is 48.7 Å². The fourth-order valence-corrected chi connectivity index (χ4v) is 2.35. The van der Waals surface area contributed by atoms with E-state index >= 15 is 0 Å². The third-order valence-corrected chi connectivity index (χ3v) is 3.45. The first-order valence-electron chi connectivity index (χ1n) is 6.92. The molecule has 0 aliphatic carbocycles. The maximum atomic E-state index is 13.6. The van der Waals surface area contributed by atoms with E-state index in [1.165, 1.54) is 36.2 Å². The van der Waals surface area contributed by atoms with E-state index in [4.69, 9.17) is 0 Å². The molecule has 3 aromatic rings. The van der Waals surface area contributed by atoms with Gasteiger partial charge in [0.2, 0.25) is 0 Å². The van der Waals surface area contributed by atoms with Gasteiger partial charge >= 0.3 is 5.97 Å². The predicted octanol–water partition coefficient (Wildman–Crippen LogP) is 1.57. The highest BCUT2D eigenvalue weighted by atomic mass is 19.1. The third kappa shape index (κ3) is 2.96. The molecule has 3 rings (SSSR count). The normalized spacial score (nSPS) is 10.7. The first-order chi connectivity index (χ1) is 11.1. The lowest BCUT2D eigenvalue weighted by atomic mass is 10.1. The Labute approximate surface area is 131 Å². The minimum Gasteiger partial charge on any atom is -0.868 e. The minimum absolute atomic E-state index is 0.145. The molecule has 0 aliphatic rings. The summed E-state index contributed by atoms with van der Waals surface area (Å²) in [6.07, 6.45) is 1.38. The maximum Gasteiger partial charge on any atom is 0.340 e. The van der Waals surface area contributed by atoms with Crippen molar-refractivity contribution in [3.63, 3.8) is 0 Å². The Balaban J connectivity index is 1.97. The standard InChI is InChI=1S/C17H13FN2O3/c1-23-17(22)13-8-11(6-7-14(13)18)9-20-10-16(21)12-4-2-3-5-15(12)19-20/h2-8,10H,9H2,1H3. The van der Waals surface area contributed by atoms with Crippen LogP contribution in [0.5, 0.6) is 5.75 Å². The van der Waals surface area contributed by atoms with Crippen molar-refractivity contribution in [2.75, 3.05) is 7.11 Å². The number of benzene rings is 2. The average molecular weight is 312 g/mol. The summed E-state index contributed by atoms with van der Waals surface area (Å²) < 4.78 is 19.7. The number of rotatable bonds is 3. The van der Waals surface area contributed by atoms with Crippen LogP contribution in [0.1, 0.15) is 15.9 Å². The molecule has 0 N–H and O–H groups in total. The zero-order valence-corrected chi connectivity index (χ0v) is 12.3. The molecule has 1 aromatic heterocycles. The van der Waals surface area contributed by atoms with Gasteiger partial charge in [0.25, 0.3) is 0 Å². The highest BCUT2D eigenvalue weighted by Crippen LogP contribution is 2.17. The molecule has 0 saturated carbocycles. The number of aromatic nitrogens is 2. The van der Waals surface area contributed by atoms with Crippen molar-refractivity contribution in [2.45, 2.75) is 6.54 Å². The molecule has 0 fully saturated rings. The fraction of sp³-hybridized carbons (Fsp3) is 0.118. The van der Waals surface area contributed by atoms with Crippen LogP contribution in [0.4, 0.5) is 4.39 Å². The van der Waals surface area contributed by atoms with Gasteiger partial charge in [0, 0.05) is 16.0 Å². The van der Waals surface area contributed by atoms with Gasteiger partial charge in [-0.25, -0.2) is 9.18 Å². The van der Waals surface area contributed by atoms with E-state index in [1.807, 2.05) is 0 Å². The van der Waals surface area contributed by atoms with Crippen LogP contribution in [0.2, 0.25) is 0 Å². The lowest BCUT2D eigenvalue weighted by molar-refractivity contribution is -0.745. The number of fused-ring (bicyclic) bond motifs is 1. The number of hydrogen-bond donors (Lipinski definition) is 0. The Kier molecular flexibility index (Phi) is 3.89. The van der Waals surface area contributed by atoms with Crippen molar-refractivity contribution in [1.29, 1.82) is 0 Å². The van der Waals surface area contributed by atoms with E-state index in [9.17, 15) is 14.3 Å². The van der Waals surface area contributed by atoms with E-state index < -0.39 is 11.8 Å². The van der Waals surface area contributed by atoms with Gasteiger partial charge < -0.3 is 9.84 Å². The van der Waals surface area contributed by atoms with Crippen LogP contribution in [-0.4, -0.2) is 18.2 Å². The fourth-order valence-electron chi connectivity index (χ4n) is 2.35. The van der Waals surface area contributed by atoms with Crippen LogP contribution in [0.3, 0.4) is 0 Å². The molecule has 6 heteroatoms. The molecule has 0 unspecified atom stereocenters. The van der Waals surface area contributed by atoms with Crippen LogP contribution in [0.25, 0.3) is 10.9 Å². The zero-order valence-electron chi connectivity index (χ0n) is 12.3. The predicted molar refractivity (Wildman–Crippen MR) is 78.2 cm³/mol. The molecule has 0 bridgehead atoms. The molecule has 1 heterocycles. The average Bonchev–Trinajstić information content (AvgIpc) is 2.56. The minimum atomic E-state index is -0.745. The molecule has 0 spiro atoms. The van der Waals surface area contributed by atoms with Crippen molar-refractivity contribution < 1.29 is 23.7 Å². The number of nitrogens with zero attached hydrogens (tertiary/aromatic N) is 2. The van der Waals surface area contributed by atoms with Crippen LogP contribution in [0, 0.1) is 5.82 Å². The smallest absolute Gasteiger partial charge is 0.340 e. The number of ether oxygens (including phenoxy) is 1. The molecule has 5 nitrogen and oxygen atoms in total. The molecular weight excluding hydrogens is 299 g/mol. The van der Waals surface area contributed by atoms with Crippen molar-refractivity contribution in [2.24, 2.45) is 0 Å². The Morgan fingerprint density at radius 3 is 2.87 bits per heavy atom. The Morgan fingerprint density at radius 1 is 1.30 bits per heavy atom. The summed E-state index contributed by atoms with van der Waals surface area (Å²) in [4.78, 5) is 11.5. The second-order valence-electron chi connectivity index (χ2n) is 5.01. The van der Waals surface area contributed by atoms with Gasteiger partial charge in [0.05, 0.1) is 12.7 Å². The molecule has 116 valence electrons. The zero-order chi connectivity index (χ0) is 16.4. The van der Waals surface area contributed by atoms with E-state index in [1.54, 1.807) is 24.3 Å². The van der Waals surface area contributed by atoms with Gasteiger partial charge in [0.15, 0.2) is 12.7 Å². The second kappa shape index (κ2) is 6.00. The molecule has 0 atom stereocenters. The number of carbonyl (C=O) groups is 1. The van der Waals surface area contributed by atoms with Crippen LogP contribution >= 0.6 is 0 Å². The van der Waals surface area contributed by atoms with Gasteiger partial charge in [0.1, 0.15) is 11.3 Å². The van der Waals surface area contributed by atoms with E-state index in [-0.39, 0.29) is 17.9 Å². The van der Waals surface area contributed by atoms with Crippen molar-refractivity contribution in [3.8, 4) is 5.75 Å². The quantitative estimate of drug-likeness (QED) is 0.544. The highest BCUT2D eigenvalue weighted by Gasteiger charge is 2.15. The van der Waals surface area contributed by atoms with Crippen molar-refractivity contribution in [1.82, 2.24) is 5.10 Å². The second-order valence-corrected chi connectivity index (χ2v) is 5.01. The molecule has 0 saturated heterocycles. The Morgan fingerprint density at radius 2 is 2.09 bits per heavy atom. The van der Waals surface area contributed by atoms with E-state index in [2.05, 4.69) is 9.84 Å². The van der Waals surface area contributed by atoms with E-state index in [0.717, 1.165) is 0 Å². The van der Waals surface area contributed by atoms with Gasteiger partial charge in [-0.3, -0.25) is 0 Å². The van der Waals surface area contributed by atoms with Crippen molar-refractivity contribution >= 4 is 16.9 Å². The number of hydrogen-bond acceptors (Lipinski definition) is 4. The van der Waals surface area contributed by atoms with Crippen LogP contribution < -0.4 is 9.79 Å². The van der Waals surface area contributed by atoms with E-state index in [0.29, 0.717) is 16.5 Å². The van der Waals surface area contributed by atoms with Crippen molar-refractivity contribution in [3.05, 3.63) is 65.6 Å². The first-order valence-corrected chi connectivity index (χ1v) is 6.92. The van der Waals surface area contributed by atoms with Gasteiger partial charge in [-0.05, 0) is 30.0 Å². The molecular formula is C17H13FN2O3. The maximum absolute atomic E-state index is 13.6. The van der Waals surface area contributed by atoms with Crippen LogP contribution in [-0.2, 0) is 11.3 Å². The van der Waals surface area contributed by atoms with Gasteiger partial charge in [-0.1, -0.05) is 22.9 Å². The monoisotopic (exact) mass is 312 g/mol. The first kappa shape index (κ1) is 14.9. The summed E-state index contributed by atoms with van der Waals surface area (Å²) in [6.45, 7) is 0.240. The Bertz CT molecular complexity index is 896. The SMILES string of the molecule is COC(=O)c1cc(C[n+]2cc([O-])c3ccccc3n2)ccc1F. The largest absolute Gasteiger partial charge is 0.868 e. The molecule has 0 radical (unpaired) electrons. The van der Waals surface area contributed by atoms with Gasteiger partial charge in [-0.15, -0.1) is 0 Å². The lowest BCUT2D eigenvalue weighted by Crippen LogP contribution is -2.38. The summed E-state index contributed by atoms with van der Waals surface area (Å²) in [5.74, 6) is -1.54. The summed E-state index contributed by atoms with van der Waals surface area (Å²) in [5, 5.41) is 17.0. The number of methoxy groups -OCH3 is 1. The van der Waals surface area contributed by atoms with Gasteiger partial charge in [-0.2, -0.15) is 0 Å². The number of carbonyl (C=O) groups excluding carboxylic acids is 1. The third-order valence-electron chi connectivity index (χ3n) is 3.45. The lowest BCUT2D eigenvalue weighted by Gasteiger charge is -2.07. The molecule has 0 aliphatic heterocycles.